The quantitative estimate of drug-likeness (QED) is 0.696. The van der Waals surface area contributed by atoms with Crippen molar-refractivity contribution in [3.8, 4) is 0 Å². The number of hydrogen-bond acceptors (Lipinski definition) is 3. The molecule has 0 aromatic heterocycles. The van der Waals surface area contributed by atoms with Gasteiger partial charge in [-0.05, 0) is 40.5 Å². The van der Waals surface area contributed by atoms with E-state index in [9.17, 15) is 10.0 Å². The highest BCUT2D eigenvalue weighted by Crippen LogP contribution is 2.36. The number of rotatable bonds is 1. The first-order valence-corrected chi connectivity index (χ1v) is 5.44. The Balaban J connectivity index is 2.84. The molecule has 1 heterocycles. The first kappa shape index (κ1) is 12.5. The molecule has 0 radical (unpaired) electrons. The van der Waals surface area contributed by atoms with Crippen LogP contribution in [0.3, 0.4) is 0 Å². The van der Waals surface area contributed by atoms with Crippen molar-refractivity contribution < 1.29 is 10.0 Å². The Kier molecular flexibility index (Phi) is 3.12. The summed E-state index contributed by atoms with van der Waals surface area (Å²) in [6.07, 6.45) is 1.77. The maximum Gasteiger partial charge on any atom is 0.217 e. The van der Waals surface area contributed by atoms with Crippen molar-refractivity contribution in [3.63, 3.8) is 0 Å². The summed E-state index contributed by atoms with van der Waals surface area (Å²) in [4.78, 5) is 11.1. The van der Waals surface area contributed by atoms with Gasteiger partial charge in [-0.25, -0.2) is 0 Å². The Morgan fingerprint density at radius 2 is 1.93 bits per heavy atom. The van der Waals surface area contributed by atoms with E-state index in [0.717, 1.165) is 12.8 Å². The normalized spacial score (nSPS) is 29.9. The molecular weight excluding hydrogens is 192 g/mol. The van der Waals surface area contributed by atoms with Crippen LogP contribution in [-0.2, 0) is 4.79 Å². The molecule has 1 aliphatic rings. The maximum atomic E-state index is 11.1. The van der Waals surface area contributed by atoms with Gasteiger partial charge in [-0.15, -0.1) is 0 Å². The van der Waals surface area contributed by atoms with Gasteiger partial charge in [0.2, 0.25) is 5.91 Å². The number of nitrogens with one attached hydrogen (secondary N) is 1. The molecule has 1 aliphatic heterocycles. The van der Waals surface area contributed by atoms with E-state index in [2.05, 4.69) is 5.32 Å². The number of hydrogen-bond donors (Lipinski definition) is 2. The van der Waals surface area contributed by atoms with E-state index in [4.69, 9.17) is 0 Å². The fraction of sp³-hybridized carbons (Fsp3) is 0.909. The van der Waals surface area contributed by atoms with Gasteiger partial charge in [-0.2, -0.15) is 5.06 Å². The summed E-state index contributed by atoms with van der Waals surface area (Å²) in [5.41, 5.74) is -0.647. The van der Waals surface area contributed by atoms with Crippen LogP contribution in [0.25, 0.3) is 0 Å². The summed E-state index contributed by atoms with van der Waals surface area (Å²) in [5.74, 6) is -0.0406. The van der Waals surface area contributed by atoms with E-state index < -0.39 is 5.54 Å². The molecule has 0 aliphatic carbocycles. The second-order valence-electron chi connectivity index (χ2n) is 5.57. The van der Waals surface area contributed by atoms with Gasteiger partial charge in [0.25, 0.3) is 0 Å². The molecule has 1 fully saturated rings. The zero-order valence-corrected chi connectivity index (χ0v) is 10.3. The zero-order chi connectivity index (χ0) is 11.9. The van der Waals surface area contributed by atoms with Crippen LogP contribution in [-0.4, -0.2) is 33.3 Å². The van der Waals surface area contributed by atoms with E-state index in [-0.39, 0.29) is 17.5 Å². The fourth-order valence-corrected chi connectivity index (χ4v) is 2.38. The van der Waals surface area contributed by atoms with Gasteiger partial charge in [0.05, 0.1) is 5.54 Å². The average molecular weight is 214 g/mol. The fourth-order valence-electron chi connectivity index (χ4n) is 2.38. The summed E-state index contributed by atoms with van der Waals surface area (Å²) in [6, 6.07) is 0.00743. The SMILES string of the molecule is CC(=O)NC1CCC(C)(C)N(O)C1(C)C. The molecule has 1 saturated heterocycles. The smallest absolute Gasteiger partial charge is 0.217 e. The standard InChI is InChI=1S/C11H22N2O2/c1-8(14)12-9-6-7-10(2,3)13(15)11(9,4)5/h9,15H,6-7H2,1-5H3,(H,12,14). The molecule has 0 aromatic rings. The van der Waals surface area contributed by atoms with Crippen molar-refractivity contribution in [2.75, 3.05) is 0 Å². The van der Waals surface area contributed by atoms with Gasteiger partial charge in [0.1, 0.15) is 0 Å². The lowest BCUT2D eigenvalue weighted by molar-refractivity contribution is -0.249. The Hall–Kier alpha value is -0.610. The van der Waals surface area contributed by atoms with Crippen molar-refractivity contribution in [1.29, 1.82) is 0 Å². The van der Waals surface area contributed by atoms with E-state index >= 15 is 0 Å². The molecular formula is C11H22N2O2. The van der Waals surface area contributed by atoms with Crippen molar-refractivity contribution >= 4 is 5.91 Å². The summed E-state index contributed by atoms with van der Waals surface area (Å²) in [6.45, 7) is 9.44. The summed E-state index contributed by atoms with van der Waals surface area (Å²) in [7, 11) is 0. The van der Waals surface area contributed by atoms with E-state index in [0.29, 0.717) is 0 Å². The minimum absolute atomic E-state index is 0.00743. The lowest BCUT2D eigenvalue weighted by Gasteiger charge is -2.52. The second kappa shape index (κ2) is 3.76. The summed E-state index contributed by atoms with van der Waals surface area (Å²) in [5, 5.41) is 14.4. The third kappa shape index (κ3) is 2.32. The highest BCUT2D eigenvalue weighted by molar-refractivity contribution is 5.73. The lowest BCUT2D eigenvalue weighted by Crippen LogP contribution is -2.66. The van der Waals surface area contributed by atoms with Crippen molar-refractivity contribution in [3.05, 3.63) is 0 Å². The van der Waals surface area contributed by atoms with Gasteiger partial charge in [0.15, 0.2) is 0 Å². The first-order chi connectivity index (χ1) is 6.68. The van der Waals surface area contributed by atoms with E-state index in [1.165, 1.54) is 12.0 Å². The van der Waals surface area contributed by atoms with E-state index in [1.807, 2.05) is 27.7 Å². The molecule has 1 amide bonds. The van der Waals surface area contributed by atoms with Crippen LogP contribution in [0.5, 0.6) is 0 Å². The highest BCUT2D eigenvalue weighted by Gasteiger charge is 2.47. The van der Waals surface area contributed by atoms with Crippen LogP contribution in [0.1, 0.15) is 47.5 Å². The number of nitrogens with zero attached hydrogens (tertiary/aromatic N) is 1. The van der Waals surface area contributed by atoms with Crippen LogP contribution < -0.4 is 5.32 Å². The number of carbonyl (C=O) groups is 1. The van der Waals surface area contributed by atoms with Crippen LogP contribution in [0, 0.1) is 0 Å². The molecule has 1 atom stereocenters. The molecule has 0 aromatic carbocycles. The largest absolute Gasteiger partial charge is 0.352 e. The van der Waals surface area contributed by atoms with Crippen LogP contribution >= 0.6 is 0 Å². The Morgan fingerprint density at radius 1 is 1.40 bits per heavy atom. The number of amides is 1. The minimum atomic E-state index is -0.423. The van der Waals surface area contributed by atoms with Crippen LogP contribution in [0.2, 0.25) is 0 Å². The Labute approximate surface area is 91.6 Å². The van der Waals surface area contributed by atoms with Crippen molar-refractivity contribution in [2.45, 2.75) is 64.6 Å². The Bertz CT molecular complexity index is 261. The van der Waals surface area contributed by atoms with Gasteiger partial charge in [0, 0.05) is 18.5 Å². The van der Waals surface area contributed by atoms with Crippen LogP contribution in [0.4, 0.5) is 0 Å². The van der Waals surface area contributed by atoms with Gasteiger partial charge >= 0.3 is 0 Å². The lowest BCUT2D eigenvalue weighted by atomic mass is 9.78. The first-order valence-electron chi connectivity index (χ1n) is 5.44. The summed E-state index contributed by atoms with van der Waals surface area (Å²) < 4.78 is 0. The molecule has 15 heavy (non-hydrogen) atoms. The highest BCUT2D eigenvalue weighted by atomic mass is 16.5. The van der Waals surface area contributed by atoms with Gasteiger partial charge in [-0.3, -0.25) is 4.79 Å². The molecule has 4 heteroatoms. The maximum absolute atomic E-state index is 11.1. The molecule has 1 rings (SSSR count). The molecule has 0 spiro atoms. The topological polar surface area (TPSA) is 52.6 Å². The average Bonchev–Trinajstić information content (AvgIpc) is 2.08. The number of carbonyl (C=O) groups excluding carboxylic acids is 1. The molecule has 0 saturated carbocycles. The van der Waals surface area contributed by atoms with Gasteiger partial charge < -0.3 is 10.5 Å². The number of hydroxylamine groups is 2. The van der Waals surface area contributed by atoms with Gasteiger partial charge in [-0.1, -0.05) is 0 Å². The molecule has 2 N–H and O–H groups in total. The molecule has 0 bridgehead atoms. The molecule has 88 valence electrons. The van der Waals surface area contributed by atoms with Crippen molar-refractivity contribution in [1.82, 2.24) is 10.4 Å². The second-order valence-corrected chi connectivity index (χ2v) is 5.57. The van der Waals surface area contributed by atoms with E-state index in [1.54, 1.807) is 0 Å². The molecule has 1 unspecified atom stereocenters. The minimum Gasteiger partial charge on any atom is -0.352 e. The third-order valence-electron chi connectivity index (χ3n) is 3.39. The Morgan fingerprint density at radius 3 is 2.40 bits per heavy atom. The predicted octanol–water partition coefficient (Wildman–Crippen LogP) is 1.53. The third-order valence-corrected chi connectivity index (χ3v) is 3.39. The summed E-state index contributed by atoms with van der Waals surface area (Å²) >= 11 is 0. The van der Waals surface area contributed by atoms with Crippen molar-refractivity contribution in [2.24, 2.45) is 0 Å². The van der Waals surface area contributed by atoms with Crippen LogP contribution in [0.15, 0.2) is 0 Å². The molecule has 4 nitrogen and oxygen atoms in total. The number of piperidine rings is 1. The zero-order valence-electron chi connectivity index (χ0n) is 10.3. The predicted molar refractivity (Wildman–Crippen MR) is 58.6 cm³/mol. The monoisotopic (exact) mass is 214 g/mol.